The van der Waals surface area contributed by atoms with E-state index in [4.69, 9.17) is 17.3 Å². The lowest BCUT2D eigenvalue weighted by atomic mass is 10.0. The van der Waals surface area contributed by atoms with Crippen LogP contribution in [-0.2, 0) is 17.6 Å². The second-order valence-corrected chi connectivity index (χ2v) is 6.38. The molecule has 5 nitrogen and oxygen atoms in total. The van der Waals surface area contributed by atoms with Crippen molar-refractivity contribution >= 4 is 29.2 Å². The first kappa shape index (κ1) is 17.6. The minimum Gasteiger partial charge on any atom is -0.370 e. The van der Waals surface area contributed by atoms with Crippen LogP contribution in [0.4, 0.5) is 10.5 Å². The molecule has 0 radical (unpaired) electrons. The van der Waals surface area contributed by atoms with Crippen LogP contribution in [0, 0.1) is 5.92 Å². The molecule has 1 aromatic carbocycles. The third-order valence-corrected chi connectivity index (χ3v) is 4.73. The summed E-state index contributed by atoms with van der Waals surface area (Å²) in [5, 5.41) is 3.70. The number of hydrogen-bond donors (Lipinski definition) is 2. The van der Waals surface area contributed by atoms with Gasteiger partial charge in [0.15, 0.2) is 0 Å². The highest BCUT2D eigenvalue weighted by molar-refractivity contribution is 6.32. The molecular formula is C17H24ClN3O2. The van der Waals surface area contributed by atoms with Gasteiger partial charge in [-0.25, -0.2) is 4.79 Å². The van der Waals surface area contributed by atoms with E-state index in [0.717, 1.165) is 36.1 Å². The smallest absolute Gasteiger partial charge is 0.321 e. The molecule has 0 spiro atoms. The van der Waals surface area contributed by atoms with E-state index >= 15 is 0 Å². The third-order valence-electron chi connectivity index (χ3n) is 4.37. The Bertz CT molecular complexity index is 604. The van der Waals surface area contributed by atoms with Gasteiger partial charge in [0.2, 0.25) is 5.91 Å². The van der Waals surface area contributed by atoms with Crippen LogP contribution >= 0.6 is 11.6 Å². The highest BCUT2D eigenvalue weighted by Crippen LogP contribution is 2.30. The summed E-state index contributed by atoms with van der Waals surface area (Å²) in [6.45, 7) is 5.29. The summed E-state index contributed by atoms with van der Waals surface area (Å²) in [4.78, 5) is 25.3. The van der Waals surface area contributed by atoms with Gasteiger partial charge in [0, 0.05) is 24.5 Å². The Morgan fingerprint density at radius 3 is 2.70 bits per heavy atom. The van der Waals surface area contributed by atoms with Crippen molar-refractivity contribution in [3.63, 3.8) is 0 Å². The summed E-state index contributed by atoms with van der Waals surface area (Å²) in [5.74, 6) is -0.150. The zero-order valence-electron chi connectivity index (χ0n) is 13.7. The van der Waals surface area contributed by atoms with Crippen molar-refractivity contribution in [3.05, 3.63) is 28.3 Å². The molecule has 1 aromatic rings. The van der Waals surface area contributed by atoms with E-state index in [1.807, 2.05) is 19.1 Å². The summed E-state index contributed by atoms with van der Waals surface area (Å²) >= 11 is 6.27. The number of aryl methyl sites for hydroxylation is 1. The fraction of sp³-hybridized carbons (Fsp3) is 0.529. The second-order valence-electron chi connectivity index (χ2n) is 5.97. The van der Waals surface area contributed by atoms with Gasteiger partial charge in [0.05, 0.1) is 5.69 Å². The third kappa shape index (κ3) is 4.16. The highest BCUT2D eigenvalue weighted by atomic mass is 35.5. The Morgan fingerprint density at radius 1 is 1.35 bits per heavy atom. The number of carbonyl (C=O) groups is 2. The molecule has 1 aliphatic heterocycles. The molecule has 0 aromatic heterocycles. The molecule has 23 heavy (non-hydrogen) atoms. The van der Waals surface area contributed by atoms with Crippen LogP contribution in [0.15, 0.2) is 12.1 Å². The normalized spacial score (nSPS) is 17.3. The largest absolute Gasteiger partial charge is 0.370 e. The molecule has 1 saturated heterocycles. The first-order chi connectivity index (χ1) is 11.0. The number of nitrogens with two attached hydrogens (primary N) is 1. The zero-order valence-corrected chi connectivity index (χ0v) is 14.4. The number of amides is 3. The van der Waals surface area contributed by atoms with Crippen LogP contribution in [0.3, 0.4) is 0 Å². The lowest BCUT2D eigenvalue weighted by Gasteiger charge is -2.21. The number of nitrogens with zero attached hydrogens (tertiary/aromatic N) is 1. The molecule has 126 valence electrons. The zero-order chi connectivity index (χ0) is 17.0. The van der Waals surface area contributed by atoms with Gasteiger partial charge in [-0.2, -0.15) is 0 Å². The summed E-state index contributed by atoms with van der Waals surface area (Å²) in [5.41, 5.74) is 8.10. The van der Waals surface area contributed by atoms with Gasteiger partial charge < -0.3 is 16.0 Å². The monoisotopic (exact) mass is 337 g/mol. The molecule has 2 rings (SSSR count). The Labute approximate surface area is 142 Å². The molecule has 6 heteroatoms. The topological polar surface area (TPSA) is 75.4 Å². The van der Waals surface area contributed by atoms with Crippen molar-refractivity contribution in [2.24, 2.45) is 11.7 Å². The molecule has 0 bridgehead atoms. The van der Waals surface area contributed by atoms with Gasteiger partial charge >= 0.3 is 6.03 Å². The standard InChI is InChI=1S/C17H24ClN3O2/c1-3-12-5-6-14(18)13(4-2)16(12)20-17(23)21-8-7-11(10-21)9-15(19)22/h5-6,11H,3-4,7-10H2,1-2H3,(H2,19,22)(H,20,23). The Hall–Kier alpha value is -1.75. The summed E-state index contributed by atoms with van der Waals surface area (Å²) < 4.78 is 0. The van der Waals surface area contributed by atoms with Gasteiger partial charge in [-0.3, -0.25) is 4.79 Å². The van der Waals surface area contributed by atoms with Crippen LogP contribution in [0.25, 0.3) is 0 Å². The van der Waals surface area contributed by atoms with E-state index in [1.165, 1.54) is 0 Å². The number of rotatable bonds is 5. The predicted molar refractivity (Wildman–Crippen MR) is 92.7 cm³/mol. The van der Waals surface area contributed by atoms with E-state index in [-0.39, 0.29) is 17.9 Å². The first-order valence-corrected chi connectivity index (χ1v) is 8.48. The second kappa shape index (κ2) is 7.68. The number of nitrogens with one attached hydrogen (secondary N) is 1. The Kier molecular flexibility index (Phi) is 5.88. The number of halogens is 1. The number of carbonyl (C=O) groups excluding carboxylic acids is 2. The van der Waals surface area contributed by atoms with E-state index < -0.39 is 0 Å². The van der Waals surface area contributed by atoms with Crippen molar-refractivity contribution < 1.29 is 9.59 Å². The van der Waals surface area contributed by atoms with Gasteiger partial charge in [-0.05, 0) is 42.4 Å². The van der Waals surface area contributed by atoms with Gasteiger partial charge in [-0.15, -0.1) is 0 Å². The van der Waals surface area contributed by atoms with Crippen LogP contribution in [0.1, 0.15) is 37.8 Å². The molecule has 1 unspecified atom stereocenters. The van der Waals surface area contributed by atoms with Crippen LogP contribution < -0.4 is 11.1 Å². The SMILES string of the molecule is CCc1ccc(Cl)c(CC)c1NC(=O)N1CCC(CC(N)=O)C1. The molecule has 0 saturated carbocycles. The van der Waals surface area contributed by atoms with Crippen molar-refractivity contribution in [2.45, 2.75) is 39.5 Å². The minimum atomic E-state index is -0.311. The number of benzene rings is 1. The summed E-state index contributed by atoms with van der Waals surface area (Å²) in [6, 6.07) is 3.70. The predicted octanol–water partition coefficient (Wildman–Crippen LogP) is 3.19. The summed E-state index contributed by atoms with van der Waals surface area (Å²) in [7, 11) is 0. The van der Waals surface area contributed by atoms with Crippen molar-refractivity contribution in [1.82, 2.24) is 4.90 Å². The van der Waals surface area contributed by atoms with Crippen molar-refractivity contribution in [1.29, 1.82) is 0 Å². The Balaban J connectivity index is 2.12. The van der Waals surface area contributed by atoms with Crippen LogP contribution in [-0.4, -0.2) is 29.9 Å². The Morgan fingerprint density at radius 2 is 2.09 bits per heavy atom. The maximum Gasteiger partial charge on any atom is 0.321 e. The molecule has 3 N–H and O–H groups in total. The van der Waals surface area contributed by atoms with Gasteiger partial charge in [0.25, 0.3) is 0 Å². The van der Waals surface area contributed by atoms with Crippen molar-refractivity contribution in [3.8, 4) is 0 Å². The first-order valence-electron chi connectivity index (χ1n) is 8.10. The number of hydrogen-bond acceptors (Lipinski definition) is 2. The molecule has 1 atom stereocenters. The number of urea groups is 1. The molecule has 3 amide bonds. The van der Waals surface area contributed by atoms with E-state index in [1.54, 1.807) is 4.90 Å². The number of likely N-dealkylation sites (tertiary alicyclic amines) is 1. The average molecular weight is 338 g/mol. The van der Waals surface area contributed by atoms with Gasteiger partial charge in [0.1, 0.15) is 0 Å². The summed E-state index contributed by atoms with van der Waals surface area (Å²) in [6.07, 6.45) is 2.73. The maximum atomic E-state index is 12.5. The van der Waals surface area contributed by atoms with E-state index in [9.17, 15) is 9.59 Å². The minimum absolute atomic E-state index is 0.136. The maximum absolute atomic E-state index is 12.5. The quantitative estimate of drug-likeness (QED) is 0.865. The molecular weight excluding hydrogens is 314 g/mol. The number of anilines is 1. The average Bonchev–Trinajstić information content (AvgIpc) is 2.95. The molecule has 1 fully saturated rings. The van der Waals surface area contributed by atoms with E-state index in [0.29, 0.717) is 24.5 Å². The molecule has 1 heterocycles. The number of primary amides is 1. The molecule has 0 aliphatic carbocycles. The fourth-order valence-corrected chi connectivity index (χ4v) is 3.41. The lowest BCUT2D eigenvalue weighted by molar-refractivity contribution is -0.118. The lowest BCUT2D eigenvalue weighted by Crippen LogP contribution is -2.34. The van der Waals surface area contributed by atoms with Crippen molar-refractivity contribution in [2.75, 3.05) is 18.4 Å². The molecule has 1 aliphatic rings. The highest BCUT2D eigenvalue weighted by Gasteiger charge is 2.28. The van der Waals surface area contributed by atoms with Crippen LogP contribution in [0.5, 0.6) is 0 Å². The van der Waals surface area contributed by atoms with Gasteiger partial charge in [-0.1, -0.05) is 31.5 Å². The van der Waals surface area contributed by atoms with Crippen LogP contribution in [0.2, 0.25) is 5.02 Å². The van der Waals surface area contributed by atoms with E-state index in [2.05, 4.69) is 12.2 Å². The fourth-order valence-electron chi connectivity index (χ4n) is 3.12.